The largest absolute Gasteiger partial charge is 0.371 e. The first kappa shape index (κ1) is 13.9. The SMILES string of the molecule is C=CC(=O)Nc1cccc(-c2ccc3[nH]nc(NC)c3c2)c1. The molecule has 3 aromatic rings. The summed E-state index contributed by atoms with van der Waals surface area (Å²) in [5.74, 6) is 0.591. The molecule has 0 aliphatic rings. The van der Waals surface area contributed by atoms with Gasteiger partial charge in [-0.05, 0) is 41.5 Å². The zero-order valence-corrected chi connectivity index (χ0v) is 12.2. The Labute approximate surface area is 128 Å². The summed E-state index contributed by atoms with van der Waals surface area (Å²) in [6.07, 6.45) is 1.25. The van der Waals surface area contributed by atoms with Gasteiger partial charge in [0.15, 0.2) is 5.82 Å². The van der Waals surface area contributed by atoms with Crippen LogP contribution in [0.2, 0.25) is 0 Å². The van der Waals surface area contributed by atoms with Crippen LogP contribution in [0.15, 0.2) is 55.1 Å². The van der Waals surface area contributed by atoms with Crippen LogP contribution in [0.4, 0.5) is 11.5 Å². The van der Waals surface area contributed by atoms with Gasteiger partial charge < -0.3 is 10.6 Å². The van der Waals surface area contributed by atoms with Crippen LogP contribution in [0.25, 0.3) is 22.0 Å². The van der Waals surface area contributed by atoms with Gasteiger partial charge in [-0.2, -0.15) is 5.10 Å². The molecule has 0 saturated heterocycles. The summed E-state index contributed by atoms with van der Waals surface area (Å²) in [4.78, 5) is 11.4. The number of amides is 1. The van der Waals surface area contributed by atoms with Crippen molar-refractivity contribution in [2.75, 3.05) is 17.7 Å². The van der Waals surface area contributed by atoms with Crippen LogP contribution in [0.5, 0.6) is 0 Å². The lowest BCUT2D eigenvalue weighted by atomic mass is 10.0. The van der Waals surface area contributed by atoms with E-state index in [4.69, 9.17) is 0 Å². The summed E-state index contributed by atoms with van der Waals surface area (Å²) in [6.45, 7) is 3.46. The van der Waals surface area contributed by atoms with E-state index in [9.17, 15) is 4.79 Å². The smallest absolute Gasteiger partial charge is 0.247 e. The minimum Gasteiger partial charge on any atom is -0.371 e. The number of rotatable bonds is 4. The Kier molecular flexibility index (Phi) is 3.62. The summed E-state index contributed by atoms with van der Waals surface area (Å²) >= 11 is 0. The molecular formula is C17H16N4O. The molecule has 0 aliphatic heterocycles. The molecule has 0 radical (unpaired) electrons. The molecule has 5 nitrogen and oxygen atoms in total. The van der Waals surface area contributed by atoms with Crippen molar-refractivity contribution in [2.24, 2.45) is 0 Å². The van der Waals surface area contributed by atoms with Crippen molar-refractivity contribution in [3.8, 4) is 11.1 Å². The van der Waals surface area contributed by atoms with Crippen molar-refractivity contribution < 1.29 is 4.79 Å². The molecule has 0 atom stereocenters. The molecule has 110 valence electrons. The predicted molar refractivity (Wildman–Crippen MR) is 89.9 cm³/mol. The summed E-state index contributed by atoms with van der Waals surface area (Å²) in [5, 5.41) is 14.1. The Balaban J connectivity index is 2.01. The highest BCUT2D eigenvalue weighted by molar-refractivity contribution is 5.99. The number of aromatic amines is 1. The molecule has 22 heavy (non-hydrogen) atoms. The third kappa shape index (κ3) is 2.56. The second-order valence-corrected chi connectivity index (χ2v) is 4.86. The van der Waals surface area contributed by atoms with Crippen LogP contribution in [-0.2, 0) is 4.79 Å². The Morgan fingerprint density at radius 1 is 1.23 bits per heavy atom. The normalized spacial score (nSPS) is 10.4. The van der Waals surface area contributed by atoms with Crippen LogP contribution in [-0.4, -0.2) is 23.2 Å². The standard InChI is InChI=1S/C17H16N4O/c1-3-16(22)19-13-6-4-5-11(9-13)12-7-8-15-14(10-12)17(18-2)21-20-15/h3-10H,1H2,2H3,(H,19,22)(H2,18,20,21). The van der Waals surface area contributed by atoms with E-state index in [1.807, 2.05) is 43.4 Å². The van der Waals surface area contributed by atoms with E-state index < -0.39 is 0 Å². The van der Waals surface area contributed by atoms with Gasteiger partial charge >= 0.3 is 0 Å². The quantitative estimate of drug-likeness (QED) is 0.645. The molecule has 0 spiro atoms. The summed E-state index contributed by atoms with van der Waals surface area (Å²) < 4.78 is 0. The molecule has 0 aliphatic carbocycles. The van der Waals surface area contributed by atoms with Gasteiger partial charge in [0.1, 0.15) is 0 Å². The number of nitrogens with zero attached hydrogens (tertiary/aromatic N) is 1. The van der Waals surface area contributed by atoms with Gasteiger partial charge in [0.05, 0.1) is 5.52 Å². The predicted octanol–water partition coefficient (Wildman–Crippen LogP) is 3.40. The van der Waals surface area contributed by atoms with Crippen molar-refractivity contribution in [3.63, 3.8) is 0 Å². The third-order valence-electron chi connectivity index (χ3n) is 3.45. The number of benzene rings is 2. The lowest BCUT2D eigenvalue weighted by Gasteiger charge is -2.07. The van der Waals surface area contributed by atoms with Crippen molar-refractivity contribution in [3.05, 3.63) is 55.1 Å². The molecule has 3 N–H and O–H groups in total. The van der Waals surface area contributed by atoms with E-state index in [1.165, 1.54) is 6.08 Å². The van der Waals surface area contributed by atoms with Gasteiger partial charge in [-0.1, -0.05) is 24.8 Å². The molecule has 1 heterocycles. The number of hydrogen-bond acceptors (Lipinski definition) is 3. The number of aromatic nitrogens is 2. The average Bonchev–Trinajstić information content (AvgIpc) is 2.97. The number of H-pyrrole nitrogens is 1. The van der Waals surface area contributed by atoms with Crippen molar-refractivity contribution in [1.29, 1.82) is 0 Å². The van der Waals surface area contributed by atoms with Crippen molar-refractivity contribution >= 4 is 28.3 Å². The molecule has 1 aromatic heterocycles. The van der Waals surface area contributed by atoms with Crippen molar-refractivity contribution in [2.45, 2.75) is 0 Å². The summed E-state index contributed by atoms with van der Waals surface area (Å²) in [6, 6.07) is 13.8. The maximum atomic E-state index is 11.4. The summed E-state index contributed by atoms with van der Waals surface area (Å²) in [5.41, 5.74) is 3.79. The van der Waals surface area contributed by atoms with Crippen LogP contribution in [0.3, 0.4) is 0 Å². The van der Waals surface area contributed by atoms with Crippen molar-refractivity contribution in [1.82, 2.24) is 10.2 Å². The number of hydrogen-bond donors (Lipinski definition) is 3. The molecular weight excluding hydrogens is 276 g/mol. The van der Waals surface area contributed by atoms with Crippen LogP contribution in [0, 0.1) is 0 Å². The van der Waals surface area contributed by atoms with E-state index in [0.717, 1.165) is 33.5 Å². The molecule has 0 unspecified atom stereocenters. The lowest BCUT2D eigenvalue weighted by Crippen LogP contribution is -2.06. The maximum absolute atomic E-state index is 11.4. The van der Waals surface area contributed by atoms with Gasteiger partial charge in [0.25, 0.3) is 0 Å². The fourth-order valence-electron chi connectivity index (χ4n) is 2.35. The molecule has 0 bridgehead atoms. The molecule has 5 heteroatoms. The molecule has 0 saturated carbocycles. The van der Waals surface area contributed by atoms with Gasteiger partial charge in [-0.15, -0.1) is 0 Å². The third-order valence-corrected chi connectivity index (χ3v) is 3.45. The Hall–Kier alpha value is -3.08. The van der Waals surface area contributed by atoms with E-state index in [0.29, 0.717) is 0 Å². The minimum atomic E-state index is -0.222. The zero-order valence-electron chi connectivity index (χ0n) is 12.2. The fraction of sp³-hybridized carbons (Fsp3) is 0.0588. The number of carbonyl (C=O) groups excluding carboxylic acids is 1. The van der Waals surface area contributed by atoms with Crippen LogP contribution >= 0.6 is 0 Å². The molecule has 2 aromatic carbocycles. The van der Waals surface area contributed by atoms with E-state index >= 15 is 0 Å². The first-order valence-electron chi connectivity index (χ1n) is 6.91. The van der Waals surface area contributed by atoms with Gasteiger partial charge in [-0.3, -0.25) is 9.89 Å². The van der Waals surface area contributed by atoms with E-state index in [1.54, 1.807) is 0 Å². The van der Waals surface area contributed by atoms with Gasteiger partial charge in [0, 0.05) is 18.1 Å². The highest BCUT2D eigenvalue weighted by Gasteiger charge is 2.07. The topological polar surface area (TPSA) is 69.8 Å². The Morgan fingerprint density at radius 2 is 2.05 bits per heavy atom. The first-order chi connectivity index (χ1) is 10.7. The maximum Gasteiger partial charge on any atom is 0.247 e. The number of nitrogens with one attached hydrogen (secondary N) is 3. The Morgan fingerprint density at radius 3 is 2.82 bits per heavy atom. The highest BCUT2D eigenvalue weighted by Crippen LogP contribution is 2.28. The zero-order chi connectivity index (χ0) is 15.5. The molecule has 3 rings (SSSR count). The number of anilines is 2. The number of carbonyl (C=O) groups is 1. The number of fused-ring (bicyclic) bond motifs is 1. The lowest BCUT2D eigenvalue weighted by molar-refractivity contribution is -0.111. The highest BCUT2D eigenvalue weighted by atomic mass is 16.1. The van der Waals surface area contributed by atoms with E-state index in [-0.39, 0.29) is 5.91 Å². The minimum absolute atomic E-state index is 0.222. The molecule has 1 amide bonds. The average molecular weight is 292 g/mol. The Bertz CT molecular complexity index is 851. The van der Waals surface area contributed by atoms with E-state index in [2.05, 4.69) is 33.5 Å². The summed E-state index contributed by atoms with van der Waals surface area (Å²) in [7, 11) is 1.84. The second-order valence-electron chi connectivity index (χ2n) is 4.86. The first-order valence-corrected chi connectivity index (χ1v) is 6.91. The van der Waals surface area contributed by atoms with Gasteiger partial charge in [0.2, 0.25) is 5.91 Å². The fourth-order valence-corrected chi connectivity index (χ4v) is 2.35. The second kappa shape index (κ2) is 5.73. The molecule has 0 fully saturated rings. The van der Waals surface area contributed by atoms with Crippen LogP contribution < -0.4 is 10.6 Å². The van der Waals surface area contributed by atoms with Gasteiger partial charge in [-0.25, -0.2) is 0 Å². The van der Waals surface area contributed by atoms with Crippen LogP contribution in [0.1, 0.15) is 0 Å². The monoisotopic (exact) mass is 292 g/mol.